The third kappa shape index (κ3) is 2.41. The molecule has 0 atom stereocenters. The van der Waals surface area contributed by atoms with Crippen LogP contribution in [0.4, 0.5) is 0 Å². The summed E-state index contributed by atoms with van der Waals surface area (Å²) < 4.78 is 7.02. The zero-order valence-corrected chi connectivity index (χ0v) is 11.8. The molecular weight excluding hydrogens is 238 g/mol. The maximum Gasteiger partial charge on any atom is 0.339 e. The number of benzene rings is 1. The van der Waals surface area contributed by atoms with Gasteiger partial charge in [0.1, 0.15) is 0 Å². The molecule has 0 N–H and O–H groups in total. The van der Waals surface area contributed by atoms with Gasteiger partial charge in [-0.25, -0.2) is 4.79 Å². The molecule has 100 valence electrons. The molecule has 1 aromatic carbocycles. The minimum atomic E-state index is -0.283. The average Bonchev–Trinajstić information content (AvgIpc) is 2.76. The molecule has 3 heteroatoms. The molecule has 0 saturated heterocycles. The van der Waals surface area contributed by atoms with Gasteiger partial charge in [-0.3, -0.25) is 0 Å². The van der Waals surface area contributed by atoms with Crippen LogP contribution in [0.1, 0.15) is 35.9 Å². The highest BCUT2D eigenvalue weighted by atomic mass is 16.5. The first-order valence-electron chi connectivity index (χ1n) is 6.41. The third-order valence-corrected chi connectivity index (χ3v) is 3.28. The number of hydrogen-bond acceptors (Lipinski definition) is 2. The van der Waals surface area contributed by atoms with Gasteiger partial charge in [-0.15, -0.1) is 0 Å². The standard InChI is InChI=1S/C16H19NO2/c1-11(2)17-12(3)14(16(18)19-4)10-15(17)13-8-6-5-7-9-13/h5-11H,1-4H3. The van der Waals surface area contributed by atoms with Gasteiger partial charge < -0.3 is 9.30 Å². The second-order valence-electron chi connectivity index (χ2n) is 4.85. The van der Waals surface area contributed by atoms with Crippen LogP contribution in [0, 0.1) is 6.92 Å². The van der Waals surface area contributed by atoms with E-state index >= 15 is 0 Å². The number of carbonyl (C=O) groups is 1. The zero-order chi connectivity index (χ0) is 14.0. The minimum absolute atomic E-state index is 0.283. The van der Waals surface area contributed by atoms with Crippen molar-refractivity contribution >= 4 is 5.97 Å². The lowest BCUT2D eigenvalue weighted by atomic mass is 10.1. The Kier molecular flexibility index (Phi) is 3.74. The molecule has 0 saturated carbocycles. The van der Waals surface area contributed by atoms with E-state index in [9.17, 15) is 4.79 Å². The Labute approximate surface area is 113 Å². The van der Waals surface area contributed by atoms with Crippen LogP contribution in [0.5, 0.6) is 0 Å². The van der Waals surface area contributed by atoms with Gasteiger partial charge in [0.15, 0.2) is 0 Å². The summed E-state index contributed by atoms with van der Waals surface area (Å²) >= 11 is 0. The maximum absolute atomic E-state index is 11.8. The number of aromatic nitrogens is 1. The first-order chi connectivity index (χ1) is 9.06. The van der Waals surface area contributed by atoms with Crippen molar-refractivity contribution in [3.05, 3.63) is 47.7 Å². The quantitative estimate of drug-likeness (QED) is 0.782. The fraction of sp³-hybridized carbons (Fsp3) is 0.312. The highest BCUT2D eigenvalue weighted by Gasteiger charge is 2.20. The van der Waals surface area contributed by atoms with Crippen LogP contribution in [0.2, 0.25) is 0 Å². The molecule has 0 aliphatic rings. The van der Waals surface area contributed by atoms with Crippen molar-refractivity contribution in [1.29, 1.82) is 0 Å². The number of rotatable bonds is 3. The molecule has 0 fully saturated rings. The smallest absolute Gasteiger partial charge is 0.339 e. The van der Waals surface area contributed by atoms with Crippen LogP contribution in [-0.4, -0.2) is 17.6 Å². The molecular formula is C16H19NO2. The number of esters is 1. The van der Waals surface area contributed by atoms with Gasteiger partial charge in [-0.2, -0.15) is 0 Å². The van der Waals surface area contributed by atoms with Gasteiger partial charge in [0.2, 0.25) is 0 Å². The van der Waals surface area contributed by atoms with Gasteiger partial charge in [0.25, 0.3) is 0 Å². The normalized spacial score (nSPS) is 10.8. The van der Waals surface area contributed by atoms with Gasteiger partial charge in [0.05, 0.1) is 12.7 Å². The second-order valence-corrected chi connectivity index (χ2v) is 4.85. The lowest BCUT2D eigenvalue weighted by Gasteiger charge is -2.15. The molecule has 0 amide bonds. The number of methoxy groups -OCH3 is 1. The number of hydrogen-bond donors (Lipinski definition) is 0. The van der Waals surface area contributed by atoms with Crippen molar-refractivity contribution in [3.63, 3.8) is 0 Å². The van der Waals surface area contributed by atoms with Crippen molar-refractivity contribution in [1.82, 2.24) is 4.57 Å². The predicted octanol–water partition coefficient (Wildman–Crippen LogP) is 3.83. The van der Waals surface area contributed by atoms with Crippen LogP contribution < -0.4 is 0 Å². The predicted molar refractivity (Wildman–Crippen MR) is 76.3 cm³/mol. The Bertz CT molecular complexity index is 582. The van der Waals surface area contributed by atoms with Crippen LogP contribution in [0.15, 0.2) is 36.4 Å². The van der Waals surface area contributed by atoms with Crippen LogP contribution >= 0.6 is 0 Å². The molecule has 0 unspecified atom stereocenters. The first kappa shape index (κ1) is 13.4. The fourth-order valence-electron chi connectivity index (χ4n) is 2.43. The molecule has 0 bridgehead atoms. The Morgan fingerprint density at radius 2 is 1.84 bits per heavy atom. The molecule has 19 heavy (non-hydrogen) atoms. The number of nitrogens with zero attached hydrogens (tertiary/aromatic N) is 1. The van der Waals surface area contributed by atoms with Crippen molar-refractivity contribution in [3.8, 4) is 11.3 Å². The summed E-state index contributed by atoms with van der Waals surface area (Å²) in [5, 5.41) is 0. The van der Waals surface area contributed by atoms with E-state index in [0.29, 0.717) is 5.56 Å². The molecule has 2 rings (SSSR count). The Balaban J connectivity index is 2.64. The van der Waals surface area contributed by atoms with E-state index in [2.05, 4.69) is 30.5 Å². The number of carbonyl (C=O) groups excluding carboxylic acids is 1. The molecule has 3 nitrogen and oxygen atoms in total. The first-order valence-corrected chi connectivity index (χ1v) is 6.41. The summed E-state index contributed by atoms with van der Waals surface area (Å²) in [6.07, 6.45) is 0. The minimum Gasteiger partial charge on any atom is -0.465 e. The van der Waals surface area contributed by atoms with Gasteiger partial charge >= 0.3 is 5.97 Å². The van der Waals surface area contributed by atoms with E-state index in [1.165, 1.54) is 7.11 Å². The largest absolute Gasteiger partial charge is 0.465 e. The van der Waals surface area contributed by atoms with E-state index in [4.69, 9.17) is 4.74 Å². The van der Waals surface area contributed by atoms with E-state index in [-0.39, 0.29) is 12.0 Å². The van der Waals surface area contributed by atoms with Crippen molar-refractivity contribution in [2.24, 2.45) is 0 Å². The van der Waals surface area contributed by atoms with E-state index in [1.807, 2.05) is 31.2 Å². The molecule has 0 spiro atoms. The summed E-state index contributed by atoms with van der Waals surface area (Å²) in [6.45, 7) is 6.18. The Hall–Kier alpha value is -2.03. The van der Waals surface area contributed by atoms with Crippen LogP contribution in [0.3, 0.4) is 0 Å². The van der Waals surface area contributed by atoms with Crippen molar-refractivity contribution in [2.45, 2.75) is 26.8 Å². The van der Waals surface area contributed by atoms with E-state index < -0.39 is 0 Å². The maximum atomic E-state index is 11.8. The molecule has 2 aromatic rings. The summed E-state index contributed by atoms with van der Waals surface area (Å²) in [5.41, 5.74) is 3.73. The highest BCUT2D eigenvalue weighted by molar-refractivity contribution is 5.92. The second kappa shape index (κ2) is 5.31. The number of ether oxygens (including phenoxy) is 1. The zero-order valence-electron chi connectivity index (χ0n) is 11.8. The molecule has 1 aromatic heterocycles. The van der Waals surface area contributed by atoms with Crippen molar-refractivity contribution < 1.29 is 9.53 Å². The summed E-state index contributed by atoms with van der Waals surface area (Å²) in [5.74, 6) is -0.283. The molecule has 0 aliphatic heterocycles. The third-order valence-electron chi connectivity index (χ3n) is 3.28. The fourth-order valence-corrected chi connectivity index (χ4v) is 2.43. The SMILES string of the molecule is COC(=O)c1cc(-c2ccccc2)n(C(C)C)c1C. The lowest BCUT2D eigenvalue weighted by Crippen LogP contribution is -2.07. The highest BCUT2D eigenvalue weighted by Crippen LogP contribution is 2.29. The Morgan fingerprint density at radius 3 is 2.37 bits per heavy atom. The van der Waals surface area contributed by atoms with Gasteiger partial charge in [0, 0.05) is 17.4 Å². The molecule has 0 aliphatic carbocycles. The van der Waals surface area contributed by atoms with Crippen LogP contribution in [-0.2, 0) is 4.74 Å². The van der Waals surface area contributed by atoms with E-state index in [1.54, 1.807) is 0 Å². The molecule has 0 radical (unpaired) electrons. The Morgan fingerprint density at radius 1 is 1.21 bits per heavy atom. The van der Waals surface area contributed by atoms with Gasteiger partial charge in [-0.1, -0.05) is 30.3 Å². The summed E-state index contributed by atoms with van der Waals surface area (Å²) in [4.78, 5) is 11.8. The molecule has 1 heterocycles. The summed E-state index contributed by atoms with van der Waals surface area (Å²) in [6, 6.07) is 12.3. The average molecular weight is 257 g/mol. The monoisotopic (exact) mass is 257 g/mol. The van der Waals surface area contributed by atoms with Crippen molar-refractivity contribution in [2.75, 3.05) is 7.11 Å². The summed E-state index contributed by atoms with van der Waals surface area (Å²) in [7, 11) is 1.41. The topological polar surface area (TPSA) is 31.2 Å². The lowest BCUT2D eigenvalue weighted by molar-refractivity contribution is 0.0600. The van der Waals surface area contributed by atoms with Crippen LogP contribution in [0.25, 0.3) is 11.3 Å². The van der Waals surface area contributed by atoms with E-state index in [0.717, 1.165) is 17.0 Å². The van der Waals surface area contributed by atoms with Gasteiger partial charge in [-0.05, 0) is 32.4 Å².